The summed E-state index contributed by atoms with van der Waals surface area (Å²) < 4.78 is 5.25. The lowest BCUT2D eigenvalue weighted by Gasteiger charge is -2.31. The molecular formula is C22H22Cl2N4O2. The molecule has 4 rings (SSSR count). The summed E-state index contributed by atoms with van der Waals surface area (Å²) in [6.07, 6.45) is 1.67. The second kappa shape index (κ2) is 9.60. The average Bonchev–Trinajstić information content (AvgIpc) is 3.24. The number of amides is 1. The normalized spacial score (nSPS) is 15.3. The molecule has 1 aliphatic heterocycles. The van der Waals surface area contributed by atoms with Gasteiger partial charge in [-0.3, -0.25) is 9.69 Å². The quantitative estimate of drug-likeness (QED) is 0.602. The van der Waals surface area contributed by atoms with E-state index in [9.17, 15) is 4.79 Å². The molecule has 1 aliphatic rings. The van der Waals surface area contributed by atoms with Gasteiger partial charge in [0.25, 0.3) is 0 Å². The van der Waals surface area contributed by atoms with Gasteiger partial charge in [0.05, 0.1) is 6.54 Å². The first-order valence-electron chi connectivity index (χ1n) is 9.90. The Balaban J connectivity index is 1.23. The van der Waals surface area contributed by atoms with Crippen molar-refractivity contribution in [3.63, 3.8) is 0 Å². The van der Waals surface area contributed by atoms with Crippen molar-refractivity contribution < 1.29 is 9.32 Å². The Bertz CT molecular complexity index is 981. The number of piperidine rings is 1. The highest BCUT2D eigenvalue weighted by Crippen LogP contribution is 2.21. The molecule has 0 radical (unpaired) electrons. The van der Waals surface area contributed by atoms with Crippen LogP contribution < -0.4 is 5.32 Å². The predicted molar refractivity (Wildman–Crippen MR) is 116 cm³/mol. The molecule has 1 fully saturated rings. The summed E-state index contributed by atoms with van der Waals surface area (Å²) in [5.74, 6) is 0.900. The monoisotopic (exact) mass is 444 g/mol. The molecule has 0 unspecified atom stereocenters. The lowest BCUT2D eigenvalue weighted by molar-refractivity contribution is -0.126. The number of rotatable bonds is 6. The van der Waals surface area contributed by atoms with Crippen LogP contribution in [0.1, 0.15) is 24.3 Å². The van der Waals surface area contributed by atoms with Crippen LogP contribution in [-0.2, 0) is 17.9 Å². The average molecular weight is 445 g/mol. The van der Waals surface area contributed by atoms with Crippen LogP contribution in [-0.4, -0.2) is 34.0 Å². The molecule has 1 aromatic heterocycles. The molecule has 8 heteroatoms. The van der Waals surface area contributed by atoms with Crippen LogP contribution in [0.15, 0.2) is 53.1 Å². The first-order valence-corrected chi connectivity index (χ1v) is 10.7. The van der Waals surface area contributed by atoms with Gasteiger partial charge in [-0.25, -0.2) is 0 Å². The van der Waals surface area contributed by atoms with Crippen molar-refractivity contribution in [3.8, 4) is 11.4 Å². The largest absolute Gasteiger partial charge is 0.347 e. The molecule has 0 bridgehead atoms. The van der Waals surface area contributed by atoms with E-state index in [-0.39, 0.29) is 18.4 Å². The molecule has 30 heavy (non-hydrogen) atoms. The van der Waals surface area contributed by atoms with Gasteiger partial charge >= 0.3 is 0 Å². The summed E-state index contributed by atoms with van der Waals surface area (Å²) in [6, 6.07) is 15.1. The molecule has 2 aromatic carbocycles. The van der Waals surface area contributed by atoms with Crippen LogP contribution in [0.5, 0.6) is 0 Å². The lowest BCUT2D eigenvalue weighted by Crippen LogP contribution is -2.40. The number of hydrogen-bond donors (Lipinski definition) is 1. The van der Waals surface area contributed by atoms with E-state index in [1.165, 1.54) is 5.56 Å². The molecule has 2 heterocycles. The zero-order chi connectivity index (χ0) is 20.9. The van der Waals surface area contributed by atoms with Crippen LogP contribution in [0.3, 0.4) is 0 Å². The Morgan fingerprint density at radius 3 is 2.33 bits per heavy atom. The van der Waals surface area contributed by atoms with Crippen molar-refractivity contribution >= 4 is 29.1 Å². The number of likely N-dealkylation sites (tertiary alicyclic amines) is 1. The number of carbonyl (C=O) groups is 1. The van der Waals surface area contributed by atoms with E-state index in [1.807, 2.05) is 36.4 Å². The van der Waals surface area contributed by atoms with Gasteiger partial charge in [0.1, 0.15) is 0 Å². The highest BCUT2D eigenvalue weighted by molar-refractivity contribution is 6.30. The predicted octanol–water partition coefficient (Wildman–Crippen LogP) is 4.57. The van der Waals surface area contributed by atoms with Crippen molar-refractivity contribution in [2.24, 2.45) is 5.92 Å². The zero-order valence-electron chi connectivity index (χ0n) is 16.4. The second-order valence-electron chi connectivity index (χ2n) is 7.41. The summed E-state index contributed by atoms with van der Waals surface area (Å²) in [4.78, 5) is 19.2. The summed E-state index contributed by atoms with van der Waals surface area (Å²) >= 11 is 11.8. The molecule has 1 amide bonds. The molecule has 3 aromatic rings. The number of aromatic nitrogens is 2. The van der Waals surface area contributed by atoms with Crippen molar-refractivity contribution in [3.05, 3.63) is 70.0 Å². The van der Waals surface area contributed by atoms with Gasteiger partial charge in [0.2, 0.25) is 17.6 Å². The third kappa shape index (κ3) is 5.39. The van der Waals surface area contributed by atoms with Crippen LogP contribution in [0.2, 0.25) is 10.0 Å². The minimum Gasteiger partial charge on any atom is -0.347 e. The van der Waals surface area contributed by atoms with Crippen molar-refractivity contribution in [2.75, 3.05) is 13.1 Å². The maximum atomic E-state index is 12.5. The fourth-order valence-electron chi connectivity index (χ4n) is 3.55. The molecular weight excluding hydrogens is 423 g/mol. The Morgan fingerprint density at radius 2 is 1.67 bits per heavy atom. The van der Waals surface area contributed by atoms with Crippen molar-refractivity contribution in [2.45, 2.75) is 25.9 Å². The third-order valence-corrected chi connectivity index (χ3v) is 5.77. The summed E-state index contributed by atoms with van der Waals surface area (Å²) in [5, 5.41) is 8.28. The second-order valence-corrected chi connectivity index (χ2v) is 8.29. The highest BCUT2D eigenvalue weighted by atomic mass is 35.5. The molecule has 0 atom stereocenters. The van der Waals surface area contributed by atoms with Gasteiger partial charge in [-0.1, -0.05) is 40.5 Å². The maximum absolute atomic E-state index is 12.5. The molecule has 0 saturated carbocycles. The minimum atomic E-state index is 0.00475. The smallest absolute Gasteiger partial charge is 0.246 e. The SMILES string of the molecule is O=C(NCc1nc(-c2ccc(Cl)cc2)no1)C1CCN(Cc2ccc(Cl)cc2)CC1. The Kier molecular flexibility index (Phi) is 6.67. The van der Waals surface area contributed by atoms with Gasteiger partial charge in [0, 0.05) is 28.1 Å². The number of carbonyl (C=O) groups excluding carboxylic acids is 1. The number of nitrogens with zero attached hydrogens (tertiary/aromatic N) is 3. The van der Waals surface area contributed by atoms with Gasteiger partial charge in [-0.05, 0) is 67.9 Å². The topological polar surface area (TPSA) is 71.3 Å². The number of halogens is 2. The van der Waals surface area contributed by atoms with Crippen molar-refractivity contribution in [1.29, 1.82) is 0 Å². The maximum Gasteiger partial charge on any atom is 0.246 e. The number of nitrogens with one attached hydrogen (secondary N) is 1. The molecule has 1 saturated heterocycles. The molecule has 6 nitrogen and oxygen atoms in total. The first-order chi connectivity index (χ1) is 14.6. The van der Waals surface area contributed by atoms with E-state index in [1.54, 1.807) is 12.1 Å². The third-order valence-electron chi connectivity index (χ3n) is 5.26. The van der Waals surface area contributed by atoms with E-state index >= 15 is 0 Å². The van der Waals surface area contributed by atoms with Crippen LogP contribution in [0, 0.1) is 5.92 Å². The van der Waals surface area contributed by atoms with E-state index < -0.39 is 0 Å². The molecule has 156 valence electrons. The molecule has 1 N–H and O–H groups in total. The Hall–Kier alpha value is -2.41. The number of hydrogen-bond acceptors (Lipinski definition) is 5. The Labute approximate surface area is 185 Å². The molecule has 0 spiro atoms. The summed E-state index contributed by atoms with van der Waals surface area (Å²) in [5.41, 5.74) is 2.05. The fourth-order valence-corrected chi connectivity index (χ4v) is 3.80. The lowest BCUT2D eigenvalue weighted by atomic mass is 9.95. The fraction of sp³-hybridized carbons (Fsp3) is 0.318. The number of benzene rings is 2. The van der Waals surface area contributed by atoms with E-state index in [2.05, 4.69) is 20.4 Å². The van der Waals surface area contributed by atoms with E-state index in [0.717, 1.165) is 43.1 Å². The minimum absolute atomic E-state index is 0.00475. The zero-order valence-corrected chi connectivity index (χ0v) is 17.9. The highest BCUT2D eigenvalue weighted by Gasteiger charge is 2.25. The van der Waals surface area contributed by atoms with Crippen molar-refractivity contribution in [1.82, 2.24) is 20.4 Å². The van der Waals surface area contributed by atoms with Crippen LogP contribution in [0.4, 0.5) is 0 Å². The van der Waals surface area contributed by atoms with Gasteiger partial charge < -0.3 is 9.84 Å². The van der Waals surface area contributed by atoms with Crippen LogP contribution >= 0.6 is 23.2 Å². The van der Waals surface area contributed by atoms with Crippen LogP contribution in [0.25, 0.3) is 11.4 Å². The van der Waals surface area contributed by atoms with Gasteiger partial charge in [-0.2, -0.15) is 4.98 Å². The molecule has 0 aliphatic carbocycles. The summed E-state index contributed by atoms with van der Waals surface area (Å²) in [7, 11) is 0. The van der Waals surface area contributed by atoms with E-state index in [0.29, 0.717) is 16.7 Å². The van der Waals surface area contributed by atoms with Gasteiger partial charge in [0.15, 0.2) is 0 Å². The standard InChI is InChI=1S/C22H22Cl2N4O2/c23-18-5-1-15(2-6-18)14-28-11-9-17(10-12-28)22(29)25-13-20-26-21(27-30-20)16-3-7-19(24)8-4-16/h1-8,17H,9-14H2,(H,25,29). The van der Waals surface area contributed by atoms with E-state index in [4.69, 9.17) is 27.7 Å². The Morgan fingerprint density at radius 1 is 1.03 bits per heavy atom. The van der Waals surface area contributed by atoms with Gasteiger partial charge in [-0.15, -0.1) is 0 Å². The first kappa shape index (κ1) is 20.8. The summed E-state index contributed by atoms with van der Waals surface area (Å²) in [6.45, 7) is 2.88.